The minimum absolute atomic E-state index is 0.560. The first-order chi connectivity index (χ1) is 11.6. The standard InChI is InChI=1S/C20H21N3O/c1-4-18-22-19-14(2)12-15(3)21-20(19)23(18)13-17-9-7-16(8-10-17)6-5-11-24/h7-10,12,24H,4,6,13H2,1-3H3. The number of aromatic nitrogens is 3. The predicted molar refractivity (Wildman–Crippen MR) is 95.3 cm³/mol. The van der Waals surface area contributed by atoms with E-state index in [0.29, 0.717) is 6.42 Å². The van der Waals surface area contributed by atoms with E-state index in [1.807, 2.05) is 25.2 Å². The molecule has 0 fully saturated rings. The maximum Gasteiger partial charge on any atom is 0.160 e. The average molecular weight is 319 g/mol. The Morgan fingerprint density at radius 1 is 1.08 bits per heavy atom. The van der Waals surface area contributed by atoms with Gasteiger partial charge in [0.05, 0.1) is 6.54 Å². The Balaban J connectivity index is 1.98. The molecule has 3 aromatic rings. The molecule has 2 heterocycles. The van der Waals surface area contributed by atoms with Gasteiger partial charge in [0.1, 0.15) is 17.4 Å². The molecule has 0 saturated heterocycles. The molecular weight excluding hydrogens is 298 g/mol. The van der Waals surface area contributed by atoms with Gasteiger partial charge < -0.3 is 9.67 Å². The number of aliphatic hydroxyl groups is 1. The van der Waals surface area contributed by atoms with Crippen LogP contribution in [0.3, 0.4) is 0 Å². The molecule has 3 rings (SSSR count). The molecule has 0 radical (unpaired) electrons. The molecule has 4 nitrogen and oxygen atoms in total. The van der Waals surface area contributed by atoms with Crippen LogP contribution in [0.1, 0.15) is 35.1 Å². The molecule has 2 aromatic heterocycles. The lowest BCUT2D eigenvalue weighted by Gasteiger charge is -2.09. The van der Waals surface area contributed by atoms with Crippen LogP contribution in [-0.2, 0) is 19.4 Å². The van der Waals surface area contributed by atoms with Crippen molar-refractivity contribution in [3.63, 3.8) is 0 Å². The van der Waals surface area contributed by atoms with Crippen molar-refractivity contribution in [2.24, 2.45) is 0 Å². The quantitative estimate of drug-likeness (QED) is 0.748. The molecule has 0 bridgehead atoms. The van der Waals surface area contributed by atoms with Crippen molar-refractivity contribution in [2.75, 3.05) is 0 Å². The highest BCUT2D eigenvalue weighted by Gasteiger charge is 2.13. The van der Waals surface area contributed by atoms with Crippen LogP contribution >= 0.6 is 0 Å². The van der Waals surface area contributed by atoms with Crippen LogP contribution in [-0.4, -0.2) is 19.6 Å². The number of hydrogen-bond acceptors (Lipinski definition) is 3. The monoisotopic (exact) mass is 319 g/mol. The van der Waals surface area contributed by atoms with Gasteiger partial charge in [-0.2, -0.15) is 0 Å². The number of rotatable bonds is 4. The zero-order valence-corrected chi connectivity index (χ0v) is 14.3. The maximum absolute atomic E-state index is 8.58. The van der Waals surface area contributed by atoms with E-state index >= 15 is 0 Å². The molecule has 122 valence electrons. The number of fused-ring (bicyclic) bond motifs is 1. The summed E-state index contributed by atoms with van der Waals surface area (Å²) in [5, 5.41) is 8.58. The van der Waals surface area contributed by atoms with Crippen LogP contribution in [0.2, 0.25) is 0 Å². The molecule has 0 saturated carbocycles. The van der Waals surface area contributed by atoms with E-state index in [0.717, 1.165) is 41.2 Å². The Labute approximate surface area is 142 Å². The minimum atomic E-state index is 0.560. The van der Waals surface area contributed by atoms with Crippen LogP contribution in [0.5, 0.6) is 0 Å². The largest absolute Gasteiger partial charge is 0.462 e. The van der Waals surface area contributed by atoms with E-state index in [2.05, 4.69) is 42.5 Å². The molecule has 4 heteroatoms. The van der Waals surface area contributed by atoms with Crippen molar-refractivity contribution >= 4 is 11.2 Å². The lowest BCUT2D eigenvalue weighted by molar-refractivity contribution is 0.516. The first-order valence-corrected chi connectivity index (χ1v) is 8.15. The number of hydrogen-bond donors (Lipinski definition) is 1. The molecule has 0 aliphatic rings. The van der Waals surface area contributed by atoms with Gasteiger partial charge in [-0.25, -0.2) is 9.97 Å². The molecule has 24 heavy (non-hydrogen) atoms. The zero-order valence-electron chi connectivity index (χ0n) is 14.3. The van der Waals surface area contributed by atoms with E-state index in [-0.39, 0.29) is 0 Å². The van der Waals surface area contributed by atoms with Gasteiger partial charge in [-0.3, -0.25) is 0 Å². The Kier molecular flexibility index (Phi) is 4.52. The van der Waals surface area contributed by atoms with Crippen molar-refractivity contribution in [2.45, 2.75) is 40.2 Å². The summed E-state index contributed by atoms with van der Waals surface area (Å²) < 4.78 is 2.21. The second-order valence-electron chi connectivity index (χ2n) is 6.00. The van der Waals surface area contributed by atoms with Gasteiger partial charge >= 0.3 is 0 Å². The van der Waals surface area contributed by atoms with Crippen LogP contribution in [0.15, 0.2) is 30.3 Å². The summed E-state index contributed by atoms with van der Waals surface area (Å²) in [5.74, 6) is 3.72. The van der Waals surface area contributed by atoms with Gasteiger partial charge in [0, 0.05) is 18.5 Å². The predicted octanol–water partition coefficient (Wildman–Crippen LogP) is 3.53. The number of benzene rings is 1. The molecule has 1 N–H and O–H groups in total. The first-order valence-electron chi connectivity index (χ1n) is 8.15. The fourth-order valence-corrected chi connectivity index (χ4v) is 2.97. The van der Waals surface area contributed by atoms with E-state index in [4.69, 9.17) is 15.1 Å². The summed E-state index contributed by atoms with van der Waals surface area (Å²) in [6.07, 6.45) is 3.38. The Morgan fingerprint density at radius 3 is 2.46 bits per heavy atom. The summed E-state index contributed by atoms with van der Waals surface area (Å²) in [7, 11) is 0. The molecule has 0 aliphatic heterocycles. The second kappa shape index (κ2) is 6.76. The Bertz CT molecular complexity index is 927. The van der Waals surface area contributed by atoms with Gasteiger partial charge in [0.2, 0.25) is 0 Å². The topological polar surface area (TPSA) is 50.9 Å². The highest BCUT2D eigenvalue weighted by molar-refractivity contribution is 5.76. The smallest absolute Gasteiger partial charge is 0.160 e. The summed E-state index contributed by atoms with van der Waals surface area (Å²) in [6, 6.07) is 10.4. The number of aryl methyl sites for hydroxylation is 3. The minimum Gasteiger partial charge on any atom is -0.462 e. The van der Waals surface area contributed by atoms with Crippen LogP contribution in [0.4, 0.5) is 0 Å². The molecule has 0 unspecified atom stereocenters. The summed E-state index contributed by atoms with van der Waals surface area (Å²) in [4.78, 5) is 9.49. The normalized spacial score (nSPS) is 10.6. The molecule has 0 amide bonds. The van der Waals surface area contributed by atoms with E-state index in [1.54, 1.807) is 0 Å². The number of nitrogens with zero attached hydrogens (tertiary/aromatic N) is 3. The number of aliphatic hydroxyl groups excluding tert-OH is 1. The van der Waals surface area contributed by atoms with Crippen LogP contribution in [0, 0.1) is 25.9 Å². The first kappa shape index (κ1) is 16.1. The lowest BCUT2D eigenvalue weighted by atomic mass is 10.1. The highest BCUT2D eigenvalue weighted by Crippen LogP contribution is 2.21. The third kappa shape index (κ3) is 3.11. The molecule has 0 aliphatic carbocycles. The van der Waals surface area contributed by atoms with Crippen molar-refractivity contribution in [1.29, 1.82) is 0 Å². The van der Waals surface area contributed by atoms with Crippen LogP contribution in [0.25, 0.3) is 11.2 Å². The summed E-state index contributed by atoms with van der Waals surface area (Å²) >= 11 is 0. The lowest BCUT2D eigenvalue weighted by Crippen LogP contribution is -2.05. The zero-order chi connectivity index (χ0) is 17.1. The van der Waals surface area contributed by atoms with Gasteiger partial charge in [-0.15, -0.1) is 0 Å². The third-order valence-electron chi connectivity index (χ3n) is 4.15. The van der Waals surface area contributed by atoms with E-state index in [9.17, 15) is 0 Å². The van der Waals surface area contributed by atoms with E-state index in [1.165, 1.54) is 11.1 Å². The van der Waals surface area contributed by atoms with Gasteiger partial charge in [0.25, 0.3) is 0 Å². The van der Waals surface area contributed by atoms with Gasteiger partial charge in [-0.1, -0.05) is 37.1 Å². The summed E-state index contributed by atoms with van der Waals surface area (Å²) in [6.45, 7) is 6.98. The maximum atomic E-state index is 8.58. The molecule has 1 aromatic carbocycles. The fraction of sp³-hybridized carbons (Fsp3) is 0.300. The van der Waals surface area contributed by atoms with Crippen molar-refractivity contribution < 1.29 is 5.11 Å². The SMILES string of the molecule is CCc1nc2c(C)cc(C)nc2n1Cc1ccc(CC#CO)cc1. The molecule has 0 atom stereocenters. The Morgan fingerprint density at radius 2 is 1.79 bits per heavy atom. The fourth-order valence-electron chi connectivity index (χ4n) is 2.97. The summed E-state index contributed by atoms with van der Waals surface area (Å²) in [5.41, 5.74) is 6.43. The number of pyridine rings is 1. The van der Waals surface area contributed by atoms with Crippen LogP contribution < -0.4 is 0 Å². The molecular formula is C20H21N3O. The highest BCUT2D eigenvalue weighted by atomic mass is 16.2. The van der Waals surface area contributed by atoms with Gasteiger partial charge in [-0.05, 0) is 36.6 Å². The number of imidazole rings is 1. The third-order valence-corrected chi connectivity index (χ3v) is 4.15. The average Bonchev–Trinajstić information content (AvgIpc) is 2.92. The van der Waals surface area contributed by atoms with Crippen molar-refractivity contribution in [3.05, 3.63) is 58.5 Å². The molecule has 0 spiro atoms. The van der Waals surface area contributed by atoms with Gasteiger partial charge in [0.15, 0.2) is 5.65 Å². The van der Waals surface area contributed by atoms with E-state index < -0.39 is 0 Å². The van der Waals surface area contributed by atoms with Crippen molar-refractivity contribution in [1.82, 2.24) is 14.5 Å². The van der Waals surface area contributed by atoms with Crippen molar-refractivity contribution in [3.8, 4) is 12.0 Å². The second-order valence-corrected chi connectivity index (χ2v) is 6.00. The Hall–Kier alpha value is -2.80.